The molecular formula is C14H13ClO4S. The molecule has 0 heterocycles. The largest absolute Gasteiger partial charge is 0.427 e. The molecule has 0 unspecified atom stereocenters. The van der Waals surface area contributed by atoms with Gasteiger partial charge in [-0.3, -0.25) is 4.79 Å². The van der Waals surface area contributed by atoms with E-state index >= 15 is 0 Å². The Labute approximate surface area is 122 Å². The third-order valence-corrected chi connectivity index (χ3v) is 3.40. The van der Waals surface area contributed by atoms with Crippen LogP contribution in [0.1, 0.15) is 6.92 Å². The van der Waals surface area contributed by atoms with Gasteiger partial charge in [-0.25, -0.2) is 8.42 Å². The molecule has 0 saturated heterocycles. The number of benzene rings is 2. The van der Waals surface area contributed by atoms with Crippen LogP contribution in [-0.2, 0) is 13.8 Å². The standard InChI is InChI=1S/C8H8O2.C6H5ClO2S/c1-7(9)10-8-5-3-2-4-6-8;7-10(8,9)6-4-2-1-3-5-6/h2-6H,1H3;1-5H. The molecule has 0 bridgehead atoms. The number of halogens is 1. The highest BCUT2D eigenvalue weighted by Gasteiger charge is 2.06. The van der Waals surface area contributed by atoms with E-state index in [1.54, 1.807) is 30.3 Å². The van der Waals surface area contributed by atoms with Crippen LogP contribution in [0.2, 0.25) is 0 Å². The first kappa shape index (κ1) is 16.2. The van der Waals surface area contributed by atoms with Gasteiger partial charge in [-0.15, -0.1) is 0 Å². The number of esters is 1. The lowest BCUT2D eigenvalue weighted by atomic mass is 10.3. The summed E-state index contributed by atoms with van der Waals surface area (Å²) in [5.74, 6) is 0.307. The van der Waals surface area contributed by atoms with E-state index in [9.17, 15) is 13.2 Å². The Morgan fingerprint density at radius 1 is 0.950 bits per heavy atom. The molecule has 106 valence electrons. The zero-order valence-electron chi connectivity index (χ0n) is 10.7. The number of para-hydroxylation sites is 1. The highest BCUT2D eigenvalue weighted by Crippen LogP contribution is 2.12. The number of hydrogen-bond acceptors (Lipinski definition) is 4. The number of carbonyl (C=O) groups excluding carboxylic acids is 1. The van der Waals surface area contributed by atoms with Gasteiger partial charge in [-0.2, -0.15) is 0 Å². The molecule has 0 aliphatic carbocycles. The van der Waals surface area contributed by atoms with Crippen LogP contribution in [0.3, 0.4) is 0 Å². The van der Waals surface area contributed by atoms with Crippen LogP contribution in [0, 0.1) is 0 Å². The van der Waals surface area contributed by atoms with Crippen molar-refractivity contribution in [2.45, 2.75) is 11.8 Å². The van der Waals surface area contributed by atoms with Crippen LogP contribution in [-0.4, -0.2) is 14.4 Å². The van der Waals surface area contributed by atoms with Gasteiger partial charge in [0.1, 0.15) is 5.75 Å². The molecule has 0 aromatic heterocycles. The third kappa shape index (κ3) is 6.36. The highest BCUT2D eigenvalue weighted by molar-refractivity contribution is 8.13. The second-order valence-electron chi connectivity index (χ2n) is 3.66. The molecule has 0 saturated carbocycles. The molecule has 0 fully saturated rings. The quantitative estimate of drug-likeness (QED) is 0.485. The van der Waals surface area contributed by atoms with Crippen LogP contribution in [0.15, 0.2) is 65.6 Å². The topological polar surface area (TPSA) is 60.4 Å². The van der Waals surface area contributed by atoms with E-state index in [-0.39, 0.29) is 10.9 Å². The Morgan fingerprint density at radius 3 is 1.75 bits per heavy atom. The lowest BCUT2D eigenvalue weighted by molar-refractivity contribution is -0.131. The summed E-state index contributed by atoms with van der Waals surface area (Å²) in [4.78, 5) is 10.5. The molecule has 6 heteroatoms. The van der Waals surface area contributed by atoms with Crippen molar-refractivity contribution in [1.29, 1.82) is 0 Å². The van der Waals surface area contributed by atoms with Crippen molar-refractivity contribution >= 4 is 25.7 Å². The minimum absolute atomic E-state index is 0.136. The van der Waals surface area contributed by atoms with Crippen molar-refractivity contribution < 1.29 is 17.9 Å². The fourth-order valence-corrected chi connectivity index (χ4v) is 2.03. The Morgan fingerprint density at radius 2 is 1.40 bits per heavy atom. The van der Waals surface area contributed by atoms with Gasteiger partial charge >= 0.3 is 5.97 Å². The van der Waals surface area contributed by atoms with Crippen LogP contribution in [0.5, 0.6) is 5.75 Å². The number of carbonyl (C=O) groups is 1. The maximum atomic E-state index is 10.6. The highest BCUT2D eigenvalue weighted by atomic mass is 35.7. The van der Waals surface area contributed by atoms with Gasteiger partial charge in [0.25, 0.3) is 9.05 Å². The molecule has 0 spiro atoms. The fraction of sp³-hybridized carbons (Fsp3) is 0.0714. The summed E-state index contributed by atoms with van der Waals surface area (Å²) in [5.41, 5.74) is 0. The van der Waals surface area contributed by atoms with Crippen molar-refractivity contribution in [2.24, 2.45) is 0 Å². The average Bonchev–Trinajstić information content (AvgIpc) is 2.40. The fourth-order valence-electron chi connectivity index (χ4n) is 1.24. The van der Waals surface area contributed by atoms with E-state index in [1.807, 2.05) is 18.2 Å². The van der Waals surface area contributed by atoms with Gasteiger partial charge in [0.2, 0.25) is 0 Å². The average molecular weight is 313 g/mol. The van der Waals surface area contributed by atoms with E-state index < -0.39 is 9.05 Å². The lowest BCUT2D eigenvalue weighted by Crippen LogP contribution is -2.00. The van der Waals surface area contributed by atoms with Crippen LogP contribution in [0.4, 0.5) is 0 Å². The monoisotopic (exact) mass is 312 g/mol. The second kappa shape index (κ2) is 7.67. The molecule has 0 aliphatic heterocycles. The number of hydrogen-bond donors (Lipinski definition) is 0. The van der Waals surface area contributed by atoms with E-state index in [1.165, 1.54) is 19.1 Å². The van der Waals surface area contributed by atoms with Gasteiger partial charge in [0.05, 0.1) is 4.90 Å². The lowest BCUT2D eigenvalue weighted by Gasteiger charge is -1.97. The van der Waals surface area contributed by atoms with E-state index in [0.717, 1.165) is 0 Å². The summed E-state index contributed by atoms with van der Waals surface area (Å²) in [6.45, 7) is 1.38. The number of ether oxygens (including phenoxy) is 1. The molecule has 2 aromatic carbocycles. The molecular weight excluding hydrogens is 300 g/mol. The van der Waals surface area contributed by atoms with E-state index in [0.29, 0.717) is 5.75 Å². The van der Waals surface area contributed by atoms with Crippen molar-refractivity contribution in [1.82, 2.24) is 0 Å². The zero-order chi connectivity index (χ0) is 15.0. The summed E-state index contributed by atoms with van der Waals surface area (Å²) in [7, 11) is 1.50. The molecule has 4 nitrogen and oxygen atoms in total. The minimum atomic E-state index is -3.53. The Hall–Kier alpha value is -1.85. The molecule has 2 aromatic rings. The molecule has 0 amide bonds. The maximum Gasteiger partial charge on any atom is 0.308 e. The molecule has 2 rings (SSSR count). The first-order valence-electron chi connectivity index (χ1n) is 5.63. The molecule has 0 aliphatic rings. The minimum Gasteiger partial charge on any atom is -0.427 e. The molecule has 0 N–H and O–H groups in total. The molecule has 20 heavy (non-hydrogen) atoms. The first-order chi connectivity index (χ1) is 9.39. The predicted octanol–water partition coefficient (Wildman–Crippen LogP) is 3.23. The molecule has 0 atom stereocenters. The normalized spacial score (nSPS) is 10.1. The van der Waals surface area contributed by atoms with Gasteiger partial charge in [0, 0.05) is 17.6 Å². The van der Waals surface area contributed by atoms with E-state index in [2.05, 4.69) is 0 Å². The number of rotatable bonds is 2. The van der Waals surface area contributed by atoms with Gasteiger partial charge < -0.3 is 4.74 Å². The second-order valence-corrected chi connectivity index (χ2v) is 6.22. The SMILES string of the molecule is CC(=O)Oc1ccccc1.O=S(=O)(Cl)c1ccccc1. The predicted molar refractivity (Wildman–Crippen MR) is 77.2 cm³/mol. The van der Waals surface area contributed by atoms with Crippen LogP contribution < -0.4 is 4.74 Å². The van der Waals surface area contributed by atoms with Crippen LogP contribution >= 0.6 is 10.7 Å². The van der Waals surface area contributed by atoms with Crippen molar-refractivity contribution in [3.63, 3.8) is 0 Å². The van der Waals surface area contributed by atoms with Gasteiger partial charge in [-0.1, -0.05) is 36.4 Å². The van der Waals surface area contributed by atoms with Crippen molar-refractivity contribution in [3.8, 4) is 5.75 Å². The van der Waals surface area contributed by atoms with Crippen molar-refractivity contribution in [3.05, 3.63) is 60.7 Å². The first-order valence-corrected chi connectivity index (χ1v) is 7.93. The molecule has 0 radical (unpaired) electrons. The van der Waals surface area contributed by atoms with Crippen molar-refractivity contribution in [2.75, 3.05) is 0 Å². The summed E-state index contributed by atoms with van der Waals surface area (Å²) < 4.78 is 26.0. The summed E-state index contributed by atoms with van der Waals surface area (Å²) in [5, 5.41) is 0. The third-order valence-electron chi connectivity index (χ3n) is 2.03. The Balaban J connectivity index is 0.000000200. The van der Waals surface area contributed by atoms with Crippen LogP contribution in [0.25, 0.3) is 0 Å². The maximum absolute atomic E-state index is 10.6. The van der Waals surface area contributed by atoms with Gasteiger partial charge in [-0.05, 0) is 24.3 Å². The summed E-state index contributed by atoms with van der Waals surface area (Å²) in [6.07, 6.45) is 0. The summed E-state index contributed by atoms with van der Waals surface area (Å²) >= 11 is 0. The van der Waals surface area contributed by atoms with Gasteiger partial charge in [0.15, 0.2) is 0 Å². The summed E-state index contributed by atoms with van der Waals surface area (Å²) in [6, 6.07) is 16.8. The van der Waals surface area contributed by atoms with E-state index in [4.69, 9.17) is 15.4 Å². The zero-order valence-corrected chi connectivity index (χ0v) is 12.3. The smallest absolute Gasteiger partial charge is 0.308 e. The Bertz CT molecular complexity index is 639. The Kier molecular flexibility index (Phi) is 6.21.